The summed E-state index contributed by atoms with van der Waals surface area (Å²) in [6, 6.07) is 13.6. The minimum absolute atomic E-state index is 0.140. The third kappa shape index (κ3) is 4.32. The molecule has 126 valence electrons. The molecule has 0 aromatic heterocycles. The number of nitrogens with one attached hydrogen (secondary N) is 2. The van der Waals surface area contributed by atoms with E-state index in [1.807, 2.05) is 12.1 Å². The largest absolute Gasteiger partial charge is 0.488 e. The number of carbonyl (C=O) groups is 1. The van der Waals surface area contributed by atoms with Gasteiger partial charge in [0.05, 0.1) is 5.56 Å². The Balaban J connectivity index is 1.61. The van der Waals surface area contributed by atoms with Crippen molar-refractivity contribution in [3.8, 4) is 5.75 Å². The Morgan fingerprint density at radius 1 is 1.21 bits per heavy atom. The van der Waals surface area contributed by atoms with Gasteiger partial charge in [-0.15, -0.1) is 0 Å². The SMILES string of the molecule is O=C(NCC1CCCN1)c1ccccc1OCc1ccc(F)cc1. The lowest BCUT2D eigenvalue weighted by molar-refractivity contribution is 0.0946. The fraction of sp³-hybridized carbons (Fsp3) is 0.316. The quantitative estimate of drug-likeness (QED) is 0.857. The lowest BCUT2D eigenvalue weighted by Gasteiger charge is -2.14. The molecule has 3 rings (SSSR count). The van der Waals surface area contributed by atoms with Gasteiger partial charge in [0.2, 0.25) is 0 Å². The number of hydrogen-bond donors (Lipinski definition) is 2. The molecule has 1 fully saturated rings. The van der Waals surface area contributed by atoms with Gasteiger partial charge in [-0.1, -0.05) is 24.3 Å². The Hall–Kier alpha value is -2.40. The molecule has 1 saturated heterocycles. The monoisotopic (exact) mass is 328 g/mol. The van der Waals surface area contributed by atoms with E-state index in [0.29, 0.717) is 23.9 Å². The van der Waals surface area contributed by atoms with Crippen molar-refractivity contribution in [2.45, 2.75) is 25.5 Å². The summed E-state index contributed by atoms with van der Waals surface area (Å²) >= 11 is 0. The van der Waals surface area contributed by atoms with Crippen LogP contribution in [0.3, 0.4) is 0 Å². The van der Waals surface area contributed by atoms with Crippen LogP contribution in [0, 0.1) is 5.82 Å². The smallest absolute Gasteiger partial charge is 0.255 e. The summed E-state index contributed by atoms with van der Waals surface area (Å²) in [5.41, 5.74) is 1.36. The van der Waals surface area contributed by atoms with Gasteiger partial charge >= 0.3 is 0 Å². The Morgan fingerprint density at radius 3 is 2.75 bits per heavy atom. The van der Waals surface area contributed by atoms with Crippen molar-refractivity contribution in [2.24, 2.45) is 0 Å². The van der Waals surface area contributed by atoms with Crippen LogP contribution in [0.15, 0.2) is 48.5 Å². The molecule has 0 spiro atoms. The zero-order valence-electron chi connectivity index (χ0n) is 13.4. The third-order valence-corrected chi connectivity index (χ3v) is 4.11. The topological polar surface area (TPSA) is 50.4 Å². The molecule has 24 heavy (non-hydrogen) atoms. The van der Waals surface area contributed by atoms with Crippen LogP contribution in [-0.4, -0.2) is 25.0 Å². The molecule has 1 aliphatic rings. The second kappa shape index (κ2) is 7.93. The van der Waals surface area contributed by atoms with Gasteiger partial charge in [0.1, 0.15) is 18.2 Å². The molecule has 5 heteroatoms. The number of benzene rings is 2. The van der Waals surface area contributed by atoms with Gasteiger partial charge in [-0.05, 0) is 49.2 Å². The summed E-state index contributed by atoms with van der Waals surface area (Å²) in [7, 11) is 0. The zero-order chi connectivity index (χ0) is 16.8. The third-order valence-electron chi connectivity index (χ3n) is 4.11. The maximum Gasteiger partial charge on any atom is 0.255 e. The molecular formula is C19H21FN2O2. The van der Waals surface area contributed by atoms with Crippen molar-refractivity contribution in [3.05, 3.63) is 65.5 Å². The first-order chi connectivity index (χ1) is 11.7. The van der Waals surface area contributed by atoms with E-state index in [0.717, 1.165) is 24.9 Å². The number of ether oxygens (including phenoxy) is 1. The molecule has 2 N–H and O–H groups in total. The molecule has 2 aromatic rings. The first-order valence-corrected chi connectivity index (χ1v) is 8.20. The molecule has 0 aliphatic carbocycles. The molecule has 0 saturated carbocycles. The van der Waals surface area contributed by atoms with Crippen LogP contribution in [0.4, 0.5) is 4.39 Å². The lowest BCUT2D eigenvalue weighted by atomic mass is 10.1. The molecule has 1 unspecified atom stereocenters. The lowest BCUT2D eigenvalue weighted by Crippen LogP contribution is -2.37. The maximum absolute atomic E-state index is 12.9. The number of amides is 1. The number of hydrogen-bond acceptors (Lipinski definition) is 3. The van der Waals surface area contributed by atoms with Gasteiger partial charge in [0.15, 0.2) is 0 Å². The van der Waals surface area contributed by atoms with Gasteiger partial charge in [-0.25, -0.2) is 4.39 Å². The molecule has 1 aliphatic heterocycles. The Bertz CT molecular complexity index is 682. The molecular weight excluding hydrogens is 307 g/mol. The predicted molar refractivity (Wildman–Crippen MR) is 90.5 cm³/mol. The average Bonchev–Trinajstić information content (AvgIpc) is 3.13. The number of carbonyl (C=O) groups excluding carboxylic acids is 1. The highest BCUT2D eigenvalue weighted by Crippen LogP contribution is 2.19. The molecule has 2 aromatic carbocycles. The summed E-state index contributed by atoms with van der Waals surface area (Å²) in [5, 5.41) is 6.31. The highest BCUT2D eigenvalue weighted by atomic mass is 19.1. The van der Waals surface area contributed by atoms with Crippen molar-refractivity contribution in [1.82, 2.24) is 10.6 Å². The average molecular weight is 328 g/mol. The van der Waals surface area contributed by atoms with Gasteiger partial charge in [-0.2, -0.15) is 0 Å². The Labute approximate surface area is 141 Å². The summed E-state index contributed by atoms with van der Waals surface area (Å²) in [6.07, 6.45) is 2.24. The fourth-order valence-corrected chi connectivity index (χ4v) is 2.76. The van der Waals surface area contributed by atoms with Gasteiger partial charge in [-0.3, -0.25) is 4.79 Å². The summed E-state index contributed by atoms with van der Waals surface area (Å²) in [5.74, 6) is 0.108. The van der Waals surface area contributed by atoms with Crippen LogP contribution in [-0.2, 0) is 6.61 Å². The van der Waals surface area contributed by atoms with Gasteiger partial charge < -0.3 is 15.4 Å². The van der Waals surface area contributed by atoms with Crippen molar-refractivity contribution >= 4 is 5.91 Å². The summed E-state index contributed by atoms with van der Waals surface area (Å²) < 4.78 is 18.7. The second-order valence-electron chi connectivity index (χ2n) is 5.91. The number of para-hydroxylation sites is 1. The summed E-state index contributed by atoms with van der Waals surface area (Å²) in [6.45, 7) is 1.91. The molecule has 1 atom stereocenters. The van der Waals surface area contributed by atoms with Gasteiger partial charge in [0.25, 0.3) is 5.91 Å². The van der Waals surface area contributed by atoms with Crippen LogP contribution >= 0.6 is 0 Å². The Kier molecular flexibility index (Phi) is 5.43. The van der Waals surface area contributed by atoms with Crippen LogP contribution in [0.5, 0.6) is 5.75 Å². The van der Waals surface area contributed by atoms with E-state index in [4.69, 9.17) is 4.74 Å². The van der Waals surface area contributed by atoms with Crippen LogP contribution in [0.1, 0.15) is 28.8 Å². The van der Waals surface area contributed by atoms with Crippen LogP contribution < -0.4 is 15.4 Å². The van der Waals surface area contributed by atoms with Crippen molar-refractivity contribution in [2.75, 3.05) is 13.1 Å². The van der Waals surface area contributed by atoms with Crippen LogP contribution in [0.25, 0.3) is 0 Å². The second-order valence-corrected chi connectivity index (χ2v) is 5.91. The van der Waals surface area contributed by atoms with E-state index in [-0.39, 0.29) is 18.3 Å². The molecule has 0 bridgehead atoms. The van der Waals surface area contributed by atoms with E-state index in [1.54, 1.807) is 24.3 Å². The van der Waals surface area contributed by atoms with E-state index in [1.165, 1.54) is 12.1 Å². The standard InChI is InChI=1S/C19H21FN2O2/c20-15-9-7-14(8-10-15)13-24-18-6-2-1-5-17(18)19(23)22-12-16-4-3-11-21-16/h1-2,5-10,16,21H,3-4,11-13H2,(H,22,23). The highest BCUT2D eigenvalue weighted by molar-refractivity contribution is 5.96. The zero-order valence-corrected chi connectivity index (χ0v) is 13.4. The van der Waals surface area contributed by atoms with E-state index >= 15 is 0 Å². The molecule has 4 nitrogen and oxygen atoms in total. The highest BCUT2D eigenvalue weighted by Gasteiger charge is 2.17. The number of rotatable bonds is 6. The first kappa shape index (κ1) is 16.5. The molecule has 0 radical (unpaired) electrons. The molecule has 1 amide bonds. The van der Waals surface area contributed by atoms with E-state index in [9.17, 15) is 9.18 Å². The van der Waals surface area contributed by atoms with E-state index in [2.05, 4.69) is 10.6 Å². The first-order valence-electron chi connectivity index (χ1n) is 8.20. The van der Waals surface area contributed by atoms with E-state index < -0.39 is 0 Å². The normalized spacial score (nSPS) is 16.8. The number of halogens is 1. The minimum Gasteiger partial charge on any atom is -0.488 e. The fourth-order valence-electron chi connectivity index (χ4n) is 2.76. The molecule has 1 heterocycles. The van der Waals surface area contributed by atoms with Crippen molar-refractivity contribution < 1.29 is 13.9 Å². The van der Waals surface area contributed by atoms with Crippen molar-refractivity contribution in [1.29, 1.82) is 0 Å². The Morgan fingerprint density at radius 2 is 2.00 bits per heavy atom. The predicted octanol–water partition coefficient (Wildman–Crippen LogP) is 2.89. The maximum atomic E-state index is 12.9. The van der Waals surface area contributed by atoms with Gasteiger partial charge in [0, 0.05) is 12.6 Å². The van der Waals surface area contributed by atoms with Crippen LogP contribution in [0.2, 0.25) is 0 Å². The minimum atomic E-state index is -0.279. The van der Waals surface area contributed by atoms with Crippen molar-refractivity contribution in [3.63, 3.8) is 0 Å². The summed E-state index contributed by atoms with van der Waals surface area (Å²) in [4.78, 5) is 12.4.